The largest absolute Gasteiger partial charge is 0.422 e. The first kappa shape index (κ1) is 27.1. The van der Waals surface area contributed by atoms with Gasteiger partial charge < -0.3 is 19.9 Å². The first-order valence-electron chi connectivity index (χ1n) is 12.2. The number of β-amino-alcohol motifs (C(OH)–C–C–N with tert-alkyl or cyclic N) is 1. The molecular formula is C30H35NO5. The molecule has 36 heavy (non-hydrogen) atoms. The summed E-state index contributed by atoms with van der Waals surface area (Å²) in [6, 6.07) is 23.4. The number of aliphatic hydroxyl groups excluding tert-OH is 1. The van der Waals surface area contributed by atoms with Gasteiger partial charge in [-0.2, -0.15) is 0 Å². The summed E-state index contributed by atoms with van der Waals surface area (Å²) in [7, 11) is 0. The fourth-order valence-electron chi connectivity index (χ4n) is 3.57. The van der Waals surface area contributed by atoms with Crippen molar-refractivity contribution in [2.45, 2.75) is 58.1 Å². The number of ether oxygens (including phenoxy) is 2. The van der Waals surface area contributed by atoms with Gasteiger partial charge in [0.2, 0.25) is 0 Å². The molecule has 0 aliphatic heterocycles. The van der Waals surface area contributed by atoms with Gasteiger partial charge in [-0.05, 0) is 63.4 Å². The van der Waals surface area contributed by atoms with E-state index in [1.165, 1.54) is 0 Å². The van der Waals surface area contributed by atoms with Crippen LogP contribution in [0.15, 0.2) is 78.9 Å². The second-order valence-electron chi connectivity index (χ2n) is 9.96. The minimum absolute atomic E-state index is 0.0868. The highest BCUT2D eigenvalue weighted by Gasteiger charge is 2.24. The number of aliphatic hydroxyl groups is 1. The molecule has 2 N–H and O–H groups in total. The highest BCUT2D eigenvalue weighted by molar-refractivity contribution is 5.83. The summed E-state index contributed by atoms with van der Waals surface area (Å²) in [6.07, 6.45) is -0.846. The molecule has 3 unspecified atom stereocenters. The molecule has 0 heterocycles. The maximum absolute atomic E-state index is 13.0. The Labute approximate surface area is 213 Å². The molecule has 0 radical (unpaired) electrons. The normalized spacial score (nSPS) is 13.9. The van der Waals surface area contributed by atoms with Crippen molar-refractivity contribution < 1.29 is 24.2 Å². The molecule has 6 heteroatoms. The number of hydrogen-bond acceptors (Lipinski definition) is 6. The molecule has 3 rings (SSSR count). The third-order valence-corrected chi connectivity index (χ3v) is 5.91. The smallest absolute Gasteiger partial charge is 0.318 e. The van der Waals surface area contributed by atoms with E-state index in [4.69, 9.17) is 9.47 Å². The average molecular weight is 490 g/mol. The molecule has 0 bridgehead atoms. The molecule has 3 atom stereocenters. The van der Waals surface area contributed by atoms with Crippen molar-refractivity contribution in [2.75, 3.05) is 6.54 Å². The summed E-state index contributed by atoms with van der Waals surface area (Å²) in [4.78, 5) is 25.9. The third kappa shape index (κ3) is 7.51. The number of hydrogen-bond donors (Lipinski definition) is 2. The zero-order valence-electron chi connectivity index (χ0n) is 21.5. The molecule has 0 spiro atoms. The van der Waals surface area contributed by atoms with E-state index >= 15 is 0 Å². The zero-order chi connectivity index (χ0) is 26.3. The van der Waals surface area contributed by atoms with Crippen molar-refractivity contribution in [3.8, 4) is 11.5 Å². The Bertz CT molecular complexity index is 1150. The maximum Gasteiger partial charge on any atom is 0.318 e. The Hall–Kier alpha value is -3.48. The minimum atomic E-state index is -0.846. The molecule has 0 saturated carbocycles. The van der Waals surface area contributed by atoms with E-state index in [9.17, 15) is 14.7 Å². The van der Waals surface area contributed by atoms with Crippen molar-refractivity contribution >= 4 is 11.9 Å². The maximum atomic E-state index is 13.0. The van der Waals surface area contributed by atoms with Crippen LogP contribution in [0.1, 0.15) is 69.2 Å². The van der Waals surface area contributed by atoms with Crippen LogP contribution >= 0.6 is 0 Å². The molecule has 0 amide bonds. The Morgan fingerprint density at radius 2 is 1.22 bits per heavy atom. The van der Waals surface area contributed by atoms with Crippen molar-refractivity contribution in [3.63, 3.8) is 0 Å². The predicted molar refractivity (Wildman–Crippen MR) is 140 cm³/mol. The zero-order valence-corrected chi connectivity index (χ0v) is 21.5. The Morgan fingerprint density at radius 3 is 1.69 bits per heavy atom. The molecule has 190 valence electrons. The topological polar surface area (TPSA) is 84.9 Å². The average Bonchev–Trinajstić information content (AvgIpc) is 2.87. The monoisotopic (exact) mass is 489 g/mol. The summed E-state index contributed by atoms with van der Waals surface area (Å²) in [5.74, 6) is -1.81. The van der Waals surface area contributed by atoms with Crippen LogP contribution in [0, 0.1) is 0 Å². The van der Waals surface area contributed by atoms with Crippen LogP contribution in [-0.4, -0.2) is 29.1 Å². The SMILES string of the molecule is CC(C(=O)Oc1ccc(C(O)CNC(C)(C)C)cc1OC(=O)C(C)c1ccccc1)c1ccccc1. The number of benzene rings is 3. The molecule has 6 nitrogen and oxygen atoms in total. The van der Waals surface area contributed by atoms with E-state index < -0.39 is 29.9 Å². The van der Waals surface area contributed by atoms with Gasteiger partial charge in [0, 0.05) is 12.1 Å². The van der Waals surface area contributed by atoms with Gasteiger partial charge in [0.1, 0.15) is 0 Å². The van der Waals surface area contributed by atoms with Crippen LogP contribution < -0.4 is 14.8 Å². The van der Waals surface area contributed by atoms with Gasteiger partial charge in [-0.25, -0.2) is 0 Å². The highest BCUT2D eigenvalue weighted by atomic mass is 16.6. The highest BCUT2D eigenvalue weighted by Crippen LogP contribution is 2.33. The van der Waals surface area contributed by atoms with Gasteiger partial charge >= 0.3 is 11.9 Å². The van der Waals surface area contributed by atoms with E-state index in [-0.39, 0.29) is 17.0 Å². The molecule has 0 saturated heterocycles. The van der Waals surface area contributed by atoms with Crippen molar-refractivity contribution in [1.29, 1.82) is 0 Å². The lowest BCUT2D eigenvalue weighted by molar-refractivity contribution is -0.138. The van der Waals surface area contributed by atoms with Gasteiger partial charge in [-0.1, -0.05) is 66.7 Å². The van der Waals surface area contributed by atoms with Crippen molar-refractivity contribution in [3.05, 3.63) is 95.6 Å². The first-order valence-corrected chi connectivity index (χ1v) is 12.2. The van der Waals surface area contributed by atoms with Gasteiger partial charge in [-0.3, -0.25) is 9.59 Å². The molecule has 0 fully saturated rings. The molecular weight excluding hydrogens is 454 g/mol. The van der Waals surface area contributed by atoms with Crippen LogP contribution in [0.25, 0.3) is 0 Å². The van der Waals surface area contributed by atoms with E-state index in [1.807, 2.05) is 81.4 Å². The standard InChI is InChI=1S/C30H35NO5/c1-20(22-12-8-6-9-13-22)28(33)35-26-17-16-24(25(32)19-31-30(3,4)5)18-27(26)36-29(34)21(2)23-14-10-7-11-15-23/h6-18,20-21,25,31-32H,19H2,1-5H3. The molecule has 0 aliphatic rings. The summed E-state index contributed by atoms with van der Waals surface area (Å²) < 4.78 is 11.4. The summed E-state index contributed by atoms with van der Waals surface area (Å²) in [5, 5.41) is 14.0. The van der Waals surface area contributed by atoms with Crippen molar-refractivity contribution in [1.82, 2.24) is 5.32 Å². The number of esters is 2. The fraction of sp³-hybridized carbons (Fsp3) is 0.333. The number of carbonyl (C=O) groups is 2. The fourth-order valence-corrected chi connectivity index (χ4v) is 3.57. The Balaban J connectivity index is 1.86. The lowest BCUT2D eigenvalue weighted by Crippen LogP contribution is -2.38. The molecule has 3 aromatic carbocycles. The second-order valence-corrected chi connectivity index (χ2v) is 9.96. The summed E-state index contributed by atoms with van der Waals surface area (Å²) >= 11 is 0. The molecule has 3 aromatic rings. The minimum Gasteiger partial charge on any atom is -0.422 e. The number of carbonyl (C=O) groups excluding carboxylic acids is 2. The molecule has 0 aliphatic carbocycles. The summed E-state index contributed by atoms with van der Waals surface area (Å²) in [6.45, 7) is 9.85. The number of rotatable bonds is 9. The quantitative estimate of drug-likeness (QED) is 0.304. The Kier molecular flexibility index (Phi) is 9.02. The van der Waals surface area contributed by atoms with Gasteiger partial charge in [-0.15, -0.1) is 0 Å². The van der Waals surface area contributed by atoms with Crippen LogP contribution in [0.3, 0.4) is 0 Å². The van der Waals surface area contributed by atoms with Crippen LogP contribution in [0.2, 0.25) is 0 Å². The lowest BCUT2D eigenvalue weighted by Gasteiger charge is -2.23. The first-order chi connectivity index (χ1) is 17.0. The number of nitrogens with one attached hydrogen (secondary N) is 1. The van der Waals surface area contributed by atoms with Crippen LogP contribution in [-0.2, 0) is 9.59 Å². The van der Waals surface area contributed by atoms with Gasteiger partial charge in [0.15, 0.2) is 11.5 Å². The molecule has 0 aromatic heterocycles. The van der Waals surface area contributed by atoms with E-state index in [1.54, 1.807) is 32.0 Å². The van der Waals surface area contributed by atoms with Crippen LogP contribution in [0.4, 0.5) is 0 Å². The van der Waals surface area contributed by atoms with E-state index in [0.29, 0.717) is 12.1 Å². The van der Waals surface area contributed by atoms with Gasteiger partial charge in [0.05, 0.1) is 17.9 Å². The second kappa shape index (κ2) is 12.0. The van der Waals surface area contributed by atoms with Crippen molar-refractivity contribution in [2.24, 2.45) is 0 Å². The summed E-state index contributed by atoms with van der Waals surface area (Å²) in [5.41, 5.74) is 1.99. The Morgan fingerprint density at radius 1 is 0.750 bits per heavy atom. The van der Waals surface area contributed by atoms with E-state index in [0.717, 1.165) is 11.1 Å². The van der Waals surface area contributed by atoms with E-state index in [2.05, 4.69) is 5.32 Å². The van der Waals surface area contributed by atoms with Gasteiger partial charge in [0.25, 0.3) is 0 Å². The predicted octanol–water partition coefficient (Wildman–Crippen LogP) is 5.53. The lowest BCUT2D eigenvalue weighted by atomic mass is 10.0. The third-order valence-electron chi connectivity index (χ3n) is 5.91. The van der Waals surface area contributed by atoms with Crippen LogP contribution in [0.5, 0.6) is 11.5 Å².